The standard InChI is InChI=1S/H2O3.4H2O/c1-3-2;;;;/h1-2H;4*1H2. The summed E-state index contributed by atoms with van der Waals surface area (Å²) >= 11 is 0. The zero-order chi connectivity index (χ0) is 2.71. The van der Waals surface area contributed by atoms with Crippen molar-refractivity contribution in [2.45, 2.75) is 0 Å². The molecule has 0 aromatic carbocycles. The Morgan fingerprint density at radius 3 is 0.714 bits per heavy atom. The van der Waals surface area contributed by atoms with Crippen LogP contribution in [0.15, 0.2) is 0 Å². The minimum absolute atomic E-state index is 0. The second-order valence-corrected chi connectivity index (χ2v) is 0.0816. The zero-order valence-electron chi connectivity index (χ0n) is 3.30. The van der Waals surface area contributed by atoms with Crippen molar-refractivity contribution in [3.8, 4) is 0 Å². The monoisotopic (exact) mass is 122 g/mol. The molecule has 0 saturated carbocycles. The average molecular weight is 122 g/mol. The summed E-state index contributed by atoms with van der Waals surface area (Å²) in [4.78, 5) is 0. The lowest BCUT2D eigenvalue weighted by atomic mass is 14.6. The van der Waals surface area contributed by atoms with Crippen molar-refractivity contribution >= 4 is 0 Å². The van der Waals surface area contributed by atoms with E-state index in [9.17, 15) is 0 Å². The number of hydrogen-bond donors (Lipinski definition) is 2. The molecule has 10 N–H and O–H groups in total. The van der Waals surface area contributed by atoms with E-state index in [1.807, 2.05) is 0 Å². The summed E-state index contributed by atoms with van der Waals surface area (Å²) in [5, 5.41) is 15.5. The summed E-state index contributed by atoms with van der Waals surface area (Å²) in [6, 6.07) is 0. The van der Waals surface area contributed by atoms with E-state index in [-0.39, 0.29) is 21.9 Å². The maximum Gasteiger partial charge on any atom is -0.0737 e. The van der Waals surface area contributed by atoms with E-state index in [0.29, 0.717) is 0 Å². The van der Waals surface area contributed by atoms with E-state index in [1.54, 1.807) is 0 Å². The van der Waals surface area contributed by atoms with Gasteiger partial charge in [-0.3, -0.25) is 0 Å². The van der Waals surface area contributed by atoms with Gasteiger partial charge >= 0.3 is 0 Å². The van der Waals surface area contributed by atoms with Crippen LogP contribution in [0.5, 0.6) is 0 Å². The summed E-state index contributed by atoms with van der Waals surface area (Å²) in [5.74, 6) is 0. The predicted octanol–water partition coefficient (Wildman–Crippen LogP) is -3.35. The fourth-order valence-electron chi connectivity index (χ4n) is 0. The maximum absolute atomic E-state index is 6.62. The van der Waals surface area contributed by atoms with Crippen LogP contribution in [0.2, 0.25) is 0 Å². The molecule has 0 rings (SSSR count). The fourth-order valence-corrected chi connectivity index (χ4v) is 0. The molecule has 0 fully saturated rings. The highest BCUT2D eigenvalue weighted by Gasteiger charge is 1.27. The van der Waals surface area contributed by atoms with Crippen molar-refractivity contribution in [3.05, 3.63) is 0 Å². The molecule has 0 atom stereocenters. The van der Waals surface area contributed by atoms with Crippen LogP contribution in [0.1, 0.15) is 0 Å². The molecular formula is H10O7. The van der Waals surface area contributed by atoms with E-state index >= 15 is 0 Å². The lowest BCUT2D eigenvalue weighted by Crippen LogP contribution is -1.60. The fraction of sp³-hybridized carbons (Fsp3) is 0. The third-order valence-electron chi connectivity index (χ3n) is 0. The first-order chi connectivity index (χ1) is 1.41. The van der Waals surface area contributed by atoms with Crippen LogP contribution in [0.3, 0.4) is 0 Å². The normalized spacial score (nSPS) is 2.57. The molecule has 0 heterocycles. The predicted molar refractivity (Wildman–Crippen MR) is 20.8 cm³/mol. The highest BCUT2D eigenvalue weighted by Crippen LogP contribution is 1.24. The van der Waals surface area contributed by atoms with Crippen LogP contribution in [0.4, 0.5) is 0 Å². The Kier molecular flexibility index (Phi) is 2610. The Hall–Kier alpha value is -0.280. The van der Waals surface area contributed by atoms with Crippen molar-refractivity contribution in [2.24, 2.45) is 0 Å². The molecule has 52 valence electrons. The number of rotatable bonds is 0. The molecule has 0 aliphatic carbocycles. The highest BCUT2D eigenvalue weighted by atomic mass is 17.4. The largest absolute Gasteiger partial charge is 0.412 e. The van der Waals surface area contributed by atoms with Gasteiger partial charge in [-0.2, -0.15) is 0 Å². The van der Waals surface area contributed by atoms with E-state index in [4.69, 9.17) is 10.5 Å². The smallest absolute Gasteiger partial charge is 0.0737 e. The van der Waals surface area contributed by atoms with E-state index in [0.717, 1.165) is 0 Å². The average Bonchev–Trinajstić information content (AvgIpc) is 0.918. The van der Waals surface area contributed by atoms with Crippen LogP contribution in [0, 0.1) is 0 Å². The Labute approximate surface area is 38.9 Å². The van der Waals surface area contributed by atoms with Gasteiger partial charge in [0.1, 0.15) is 0 Å². The minimum Gasteiger partial charge on any atom is -0.412 e. The summed E-state index contributed by atoms with van der Waals surface area (Å²) in [6.07, 6.45) is 0. The van der Waals surface area contributed by atoms with Crippen LogP contribution >= 0.6 is 0 Å². The van der Waals surface area contributed by atoms with Gasteiger partial charge in [0.05, 0.1) is 0 Å². The summed E-state index contributed by atoms with van der Waals surface area (Å²) in [7, 11) is 0. The molecular weight excluding hydrogens is 112 g/mol. The van der Waals surface area contributed by atoms with E-state index in [2.05, 4.69) is 5.04 Å². The molecule has 0 aromatic rings. The lowest BCUT2D eigenvalue weighted by molar-refractivity contribution is -0.465. The lowest BCUT2D eigenvalue weighted by Gasteiger charge is -1.56. The molecule has 0 aliphatic rings. The molecule has 0 radical (unpaired) electrons. The molecule has 0 amide bonds. The van der Waals surface area contributed by atoms with Crippen molar-refractivity contribution in [1.82, 2.24) is 0 Å². The Morgan fingerprint density at radius 2 is 0.714 bits per heavy atom. The molecule has 0 aromatic heterocycles. The number of hydrogen-bond acceptors (Lipinski definition) is 3. The Bertz CT molecular complexity index is 0. The molecule has 0 saturated heterocycles. The van der Waals surface area contributed by atoms with Crippen molar-refractivity contribution in [3.63, 3.8) is 0 Å². The van der Waals surface area contributed by atoms with E-state index in [1.165, 1.54) is 0 Å². The second kappa shape index (κ2) is 246. The van der Waals surface area contributed by atoms with Gasteiger partial charge in [-0.05, 0) is 0 Å². The molecule has 7 nitrogen and oxygen atoms in total. The van der Waals surface area contributed by atoms with Gasteiger partial charge < -0.3 is 21.9 Å². The maximum atomic E-state index is 6.62. The Balaban J connectivity index is -0.00000000333. The van der Waals surface area contributed by atoms with E-state index < -0.39 is 0 Å². The van der Waals surface area contributed by atoms with Crippen molar-refractivity contribution < 1.29 is 37.5 Å². The van der Waals surface area contributed by atoms with Gasteiger partial charge in [0, 0.05) is 0 Å². The molecule has 7 heteroatoms. The van der Waals surface area contributed by atoms with Gasteiger partial charge in [0.25, 0.3) is 0 Å². The first-order valence-corrected chi connectivity index (χ1v) is 0.365. The third kappa shape index (κ3) is 1010. The summed E-state index contributed by atoms with van der Waals surface area (Å²) in [5.41, 5.74) is 0. The van der Waals surface area contributed by atoms with Crippen LogP contribution in [0.25, 0.3) is 0 Å². The van der Waals surface area contributed by atoms with Gasteiger partial charge in [-0.15, -0.1) is 0 Å². The van der Waals surface area contributed by atoms with Crippen molar-refractivity contribution in [1.29, 1.82) is 0 Å². The molecule has 0 aliphatic heterocycles. The van der Waals surface area contributed by atoms with Gasteiger partial charge in [-0.25, -0.2) is 10.5 Å². The van der Waals surface area contributed by atoms with Gasteiger partial charge in [-0.1, -0.05) is 5.04 Å². The first-order valence-electron chi connectivity index (χ1n) is 0.365. The third-order valence-corrected chi connectivity index (χ3v) is 0. The highest BCUT2D eigenvalue weighted by molar-refractivity contribution is 2.38. The van der Waals surface area contributed by atoms with Crippen LogP contribution in [-0.2, 0) is 5.04 Å². The first kappa shape index (κ1) is 74.3. The molecule has 0 bridgehead atoms. The minimum atomic E-state index is 0. The molecule has 0 unspecified atom stereocenters. The van der Waals surface area contributed by atoms with Gasteiger partial charge in [0.15, 0.2) is 0 Å². The zero-order valence-corrected chi connectivity index (χ0v) is 3.30. The molecule has 7 heavy (non-hydrogen) atoms. The Morgan fingerprint density at radius 1 is 0.714 bits per heavy atom. The summed E-state index contributed by atoms with van der Waals surface area (Å²) < 4.78 is 0. The van der Waals surface area contributed by atoms with Gasteiger partial charge in [0.2, 0.25) is 0 Å². The van der Waals surface area contributed by atoms with Crippen LogP contribution < -0.4 is 0 Å². The SMILES string of the molecule is O.O.O.O.OOO. The summed E-state index contributed by atoms with van der Waals surface area (Å²) in [6.45, 7) is 0. The van der Waals surface area contributed by atoms with Crippen molar-refractivity contribution in [2.75, 3.05) is 0 Å². The topological polar surface area (TPSA) is 176 Å². The second-order valence-electron chi connectivity index (χ2n) is 0.0816. The molecule has 0 spiro atoms. The quantitative estimate of drug-likeness (QED) is 0.252. The van der Waals surface area contributed by atoms with Crippen LogP contribution in [-0.4, -0.2) is 32.4 Å².